The zero-order valence-corrected chi connectivity index (χ0v) is 17.6. The number of carbonyl (C=O) groups is 1. The van der Waals surface area contributed by atoms with Gasteiger partial charge in [0.25, 0.3) is 5.91 Å². The summed E-state index contributed by atoms with van der Waals surface area (Å²) in [6.45, 7) is 0. The number of amides is 1. The fourth-order valence-electron chi connectivity index (χ4n) is 2.65. The van der Waals surface area contributed by atoms with Gasteiger partial charge in [0, 0.05) is 22.6 Å². The van der Waals surface area contributed by atoms with Crippen molar-refractivity contribution in [3.05, 3.63) is 70.5 Å². The number of pyridine rings is 1. The molecule has 2 heterocycles. The molecular formula is C19H16BrN5O3S. The molecule has 0 aliphatic rings. The van der Waals surface area contributed by atoms with Crippen LogP contribution in [0.4, 0.5) is 5.69 Å². The normalized spacial score (nSPS) is 12.0. The van der Waals surface area contributed by atoms with E-state index >= 15 is 0 Å². The Morgan fingerprint density at radius 2 is 2.07 bits per heavy atom. The molecule has 3 rings (SSSR count). The molecule has 148 valence electrons. The first-order valence-corrected chi connectivity index (χ1v) is 11.0. The van der Waals surface area contributed by atoms with E-state index in [1.54, 1.807) is 30.5 Å². The van der Waals surface area contributed by atoms with Gasteiger partial charge in [-0.25, -0.2) is 8.42 Å². The number of nitrogens with zero attached hydrogens (tertiary/aromatic N) is 2. The highest BCUT2D eigenvalue weighted by Crippen LogP contribution is 2.25. The molecule has 8 nitrogen and oxygen atoms in total. The predicted molar refractivity (Wildman–Crippen MR) is 112 cm³/mol. The van der Waals surface area contributed by atoms with Crippen molar-refractivity contribution in [1.82, 2.24) is 15.3 Å². The van der Waals surface area contributed by atoms with Crippen LogP contribution in [0.15, 0.2) is 59.3 Å². The summed E-state index contributed by atoms with van der Waals surface area (Å²) in [5.41, 5.74) is 2.42. The van der Waals surface area contributed by atoms with Crippen LogP contribution in [-0.4, -0.2) is 30.5 Å². The van der Waals surface area contributed by atoms with Gasteiger partial charge < -0.3 is 10.3 Å². The Labute approximate surface area is 176 Å². The second kappa shape index (κ2) is 8.46. The molecule has 0 radical (unpaired) electrons. The van der Waals surface area contributed by atoms with Crippen molar-refractivity contribution >= 4 is 37.5 Å². The molecule has 0 bridgehead atoms. The third-order valence-electron chi connectivity index (χ3n) is 3.85. The zero-order valence-electron chi connectivity index (χ0n) is 15.2. The lowest BCUT2D eigenvalue weighted by molar-refractivity contribution is 0.0945. The average molecular weight is 474 g/mol. The minimum Gasteiger partial charge on any atom is -0.359 e. The molecule has 0 spiro atoms. The number of nitrogens with one attached hydrogen (secondary N) is 3. The first kappa shape index (κ1) is 20.6. The number of aromatic nitrogens is 2. The molecule has 1 amide bonds. The van der Waals surface area contributed by atoms with Crippen LogP contribution in [0, 0.1) is 11.3 Å². The zero-order chi connectivity index (χ0) is 21.0. The molecule has 29 heavy (non-hydrogen) atoms. The van der Waals surface area contributed by atoms with Gasteiger partial charge in [-0.2, -0.15) is 5.26 Å². The first-order valence-electron chi connectivity index (χ1n) is 8.34. The van der Waals surface area contributed by atoms with Crippen LogP contribution in [0.5, 0.6) is 0 Å². The van der Waals surface area contributed by atoms with Crippen LogP contribution in [-0.2, 0) is 10.0 Å². The van der Waals surface area contributed by atoms with Crippen molar-refractivity contribution < 1.29 is 13.2 Å². The average Bonchev–Trinajstić information content (AvgIpc) is 3.15. The predicted octanol–water partition coefficient (Wildman–Crippen LogP) is 3.21. The molecule has 1 atom stereocenters. The van der Waals surface area contributed by atoms with Crippen molar-refractivity contribution in [2.45, 2.75) is 6.04 Å². The van der Waals surface area contributed by atoms with E-state index in [1.165, 1.54) is 12.3 Å². The quantitative estimate of drug-likeness (QED) is 0.506. The number of benzene rings is 1. The minimum atomic E-state index is -3.48. The molecule has 0 saturated carbocycles. The third kappa shape index (κ3) is 5.43. The van der Waals surface area contributed by atoms with Crippen LogP contribution in [0.1, 0.15) is 22.0 Å². The molecule has 3 N–H and O–H groups in total. The molecule has 1 unspecified atom stereocenters. The Bertz CT molecular complexity index is 1190. The largest absolute Gasteiger partial charge is 0.359 e. The van der Waals surface area contributed by atoms with Crippen molar-refractivity contribution in [1.29, 1.82) is 5.26 Å². The summed E-state index contributed by atoms with van der Waals surface area (Å²) < 4.78 is 25.9. The van der Waals surface area contributed by atoms with Gasteiger partial charge in [-0.15, -0.1) is 0 Å². The minimum absolute atomic E-state index is 0.283. The van der Waals surface area contributed by atoms with E-state index in [4.69, 9.17) is 0 Å². The van der Waals surface area contributed by atoms with Gasteiger partial charge in [-0.3, -0.25) is 14.5 Å². The summed E-state index contributed by atoms with van der Waals surface area (Å²) in [5, 5.41) is 12.2. The lowest BCUT2D eigenvalue weighted by atomic mass is 10.1. The fraction of sp³-hybridized carbons (Fsp3) is 0.105. The van der Waals surface area contributed by atoms with Crippen LogP contribution in [0.2, 0.25) is 0 Å². The van der Waals surface area contributed by atoms with Crippen LogP contribution in [0.25, 0.3) is 11.4 Å². The number of rotatable bonds is 6. The SMILES string of the molecule is CS(=O)(=O)Nc1cc(Br)cc(C(C#N)NC(=O)c2c[nH]c(-c3ccccn3)c2)c1. The molecule has 0 aliphatic heterocycles. The Morgan fingerprint density at radius 3 is 2.72 bits per heavy atom. The van der Waals surface area contributed by atoms with E-state index in [0.29, 0.717) is 27.0 Å². The first-order chi connectivity index (χ1) is 13.7. The van der Waals surface area contributed by atoms with E-state index in [-0.39, 0.29) is 5.69 Å². The van der Waals surface area contributed by atoms with E-state index in [2.05, 4.69) is 35.9 Å². The summed E-state index contributed by atoms with van der Waals surface area (Å²) in [6, 6.07) is 12.8. The number of nitriles is 1. The van der Waals surface area contributed by atoms with Gasteiger partial charge in [-0.05, 0) is 42.0 Å². The lowest BCUT2D eigenvalue weighted by Crippen LogP contribution is -2.27. The second-order valence-electron chi connectivity index (χ2n) is 6.20. The van der Waals surface area contributed by atoms with Gasteiger partial charge >= 0.3 is 0 Å². The van der Waals surface area contributed by atoms with Crippen LogP contribution >= 0.6 is 15.9 Å². The molecule has 3 aromatic rings. The summed E-state index contributed by atoms with van der Waals surface area (Å²) in [7, 11) is -3.48. The van der Waals surface area contributed by atoms with Crippen LogP contribution < -0.4 is 10.0 Å². The highest BCUT2D eigenvalue weighted by atomic mass is 79.9. The number of anilines is 1. The molecule has 2 aromatic heterocycles. The standard InChI is InChI=1S/C19H16BrN5O3S/c1-29(27,28)25-15-7-12(6-14(20)9-15)18(10-21)24-19(26)13-8-17(23-11-13)16-4-2-3-5-22-16/h2-9,11,18,23,25H,1H3,(H,24,26). The molecule has 0 saturated heterocycles. The maximum atomic E-state index is 12.6. The van der Waals surface area contributed by atoms with Gasteiger partial charge in [0.1, 0.15) is 6.04 Å². The van der Waals surface area contributed by atoms with Crippen LogP contribution in [0.3, 0.4) is 0 Å². The van der Waals surface area contributed by atoms with Crippen molar-refractivity contribution in [2.24, 2.45) is 0 Å². The monoisotopic (exact) mass is 473 g/mol. The van der Waals surface area contributed by atoms with E-state index in [0.717, 1.165) is 6.26 Å². The highest BCUT2D eigenvalue weighted by molar-refractivity contribution is 9.10. The van der Waals surface area contributed by atoms with Crippen molar-refractivity contribution in [3.8, 4) is 17.5 Å². The topological polar surface area (TPSA) is 128 Å². The number of carbonyl (C=O) groups excluding carboxylic acids is 1. The van der Waals surface area contributed by atoms with E-state index in [1.807, 2.05) is 18.2 Å². The van der Waals surface area contributed by atoms with Gasteiger partial charge in [0.05, 0.1) is 29.3 Å². The van der Waals surface area contributed by atoms with E-state index < -0.39 is 22.0 Å². The third-order valence-corrected chi connectivity index (χ3v) is 4.91. The van der Waals surface area contributed by atoms with Crippen molar-refractivity contribution in [2.75, 3.05) is 11.0 Å². The van der Waals surface area contributed by atoms with Gasteiger partial charge in [0.2, 0.25) is 10.0 Å². The van der Waals surface area contributed by atoms with E-state index in [9.17, 15) is 18.5 Å². The molecule has 0 fully saturated rings. The Kier molecular flexibility index (Phi) is 6.00. The van der Waals surface area contributed by atoms with Gasteiger partial charge in [0.15, 0.2) is 0 Å². The molecule has 1 aromatic carbocycles. The molecule has 0 aliphatic carbocycles. The smallest absolute Gasteiger partial charge is 0.254 e. The molecular weight excluding hydrogens is 458 g/mol. The Hall–Kier alpha value is -3.16. The van der Waals surface area contributed by atoms with Crippen molar-refractivity contribution in [3.63, 3.8) is 0 Å². The Balaban J connectivity index is 1.81. The van der Waals surface area contributed by atoms with Gasteiger partial charge in [-0.1, -0.05) is 22.0 Å². The molecule has 10 heteroatoms. The summed E-state index contributed by atoms with van der Waals surface area (Å²) in [4.78, 5) is 19.8. The number of aromatic amines is 1. The maximum absolute atomic E-state index is 12.6. The summed E-state index contributed by atoms with van der Waals surface area (Å²) in [5.74, 6) is -0.451. The number of H-pyrrole nitrogens is 1. The summed E-state index contributed by atoms with van der Waals surface area (Å²) in [6.07, 6.45) is 4.21. The second-order valence-corrected chi connectivity index (χ2v) is 8.86. The highest BCUT2D eigenvalue weighted by Gasteiger charge is 2.18. The number of halogens is 1. The maximum Gasteiger partial charge on any atom is 0.254 e. The Morgan fingerprint density at radius 1 is 1.28 bits per heavy atom. The number of hydrogen-bond acceptors (Lipinski definition) is 5. The summed E-state index contributed by atoms with van der Waals surface area (Å²) >= 11 is 3.29. The number of hydrogen-bond donors (Lipinski definition) is 3. The lowest BCUT2D eigenvalue weighted by Gasteiger charge is -2.14. The fourth-order valence-corrected chi connectivity index (χ4v) is 3.71. The number of sulfonamides is 1.